The highest BCUT2D eigenvalue weighted by molar-refractivity contribution is 5.14. The summed E-state index contributed by atoms with van der Waals surface area (Å²) < 4.78 is 0. The van der Waals surface area contributed by atoms with Crippen molar-refractivity contribution in [2.45, 2.75) is 34.6 Å². The monoisotopic (exact) mass is 152 g/mol. The van der Waals surface area contributed by atoms with Crippen LogP contribution in [0.1, 0.15) is 34.6 Å². The van der Waals surface area contributed by atoms with Gasteiger partial charge in [-0.1, -0.05) is 52.0 Å². The van der Waals surface area contributed by atoms with Crippen LogP contribution in [0.3, 0.4) is 0 Å². The van der Waals surface area contributed by atoms with E-state index in [9.17, 15) is 0 Å². The molecule has 64 valence electrons. The van der Waals surface area contributed by atoms with Crippen molar-refractivity contribution in [1.82, 2.24) is 0 Å². The molecule has 0 aromatic carbocycles. The molecular formula is C11H20. The third-order valence-corrected chi connectivity index (χ3v) is 2.29. The van der Waals surface area contributed by atoms with Crippen molar-refractivity contribution >= 4 is 0 Å². The Hall–Kier alpha value is -0.520. The summed E-state index contributed by atoms with van der Waals surface area (Å²) in [7, 11) is 0. The zero-order chi connectivity index (χ0) is 9.07. The Labute approximate surface area is 71.0 Å². The maximum atomic E-state index is 3.83. The van der Waals surface area contributed by atoms with Crippen LogP contribution >= 0.6 is 0 Å². The molecule has 0 aromatic heterocycles. The first-order valence-corrected chi connectivity index (χ1v) is 4.21. The van der Waals surface area contributed by atoms with E-state index in [1.165, 1.54) is 0 Å². The summed E-state index contributed by atoms with van der Waals surface area (Å²) in [6, 6.07) is 0. The Balaban J connectivity index is 4.23. The van der Waals surface area contributed by atoms with Gasteiger partial charge in [0.2, 0.25) is 0 Å². The molecule has 0 spiro atoms. The zero-order valence-corrected chi connectivity index (χ0v) is 8.44. The smallest absolute Gasteiger partial charge is 0.0149 e. The fourth-order valence-corrected chi connectivity index (χ4v) is 0.549. The Morgan fingerprint density at radius 2 is 1.82 bits per heavy atom. The predicted molar refractivity (Wildman–Crippen MR) is 52.6 cm³/mol. The Bertz CT molecular complexity index is 159. The maximum absolute atomic E-state index is 3.83. The SMILES string of the molecule is C=C(C)/C=C/C(C)(C)C(C)C. The molecule has 0 aliphatic heterocycles. The molecule has 0 atom stereocenters. The van der Waals surface area contributed by atoms with E-state index in [-0.39, 0.29) is 0 Å². The molecule has 0 rings (SSSR count). The molecule has 0 N–H and O–H groups in total. The number of hydrogen-bond donors (Lipinski definition) is 0. The second-order valence-electron chi connectivity index (χ2n) is 4.16. The lowest BCUT2D eigenvalue weighted by Crippen LogP contribution is -2.15. The summed E-state index contributed by atoms with van der Waals surface area (Å²) in [5.74, 6) is 0.679. The molecule has 0 amide bonds. The van der Waals surface area contributed by atoms with Crippen LogP contribution in [0.5, 0.6) is 0 Å². The Kier molecular flexibility index (Phi) is 3.57. The molecule has 0 bridgehead atoms. The Morgan fingerprint density at radius 1 is 1.36 bits per heavy atom. The summed E-state index contributed by atoms with van der Waals surface area (Å²) in [4.78, 5) is 0. The lowest BCUT2D eigenvalue weighted by atomic mass is 9.81. The third-order valence-electron chi connectivity index (χ3n) is 2.29. The number of hydrogen-bond acceptors (Lipinski definition) is 0. The first kappa shape index (κ1) is 10.5. The van der Waals surface area contributed by atoms with Crippen molar-refractivity contribution in [3.05, 3.63) is 24.3 Å². The van der Waals surface area contributed by atoms with E-state index in [0.29, 0.717) is 11.3 Å². The van der Waals surface area contributed by atoms with Crippen LogP contribution in [-0.2, 0) is 0 Å². The van der Waals surface area contributed by atoms with Crippen LogP contribution in [0.25, 0.3) is 0 Å². The van der Waals surface area contributed by atoms with Gasteiger partial charge in [-0.15, -0.1) is 0 Å². The first-order chi connectivity index (χ1) is 4.86. The topological polar surface area (TPSA) is 0 Å². The fourth-order valence-electron chi connectivity index (χ4n) is 0.549. The van der Waals surface area contributed by atoms with E-state index in [2.05, 4.69) is 46.4 Å². The summed E-state index contributed by atoms with van der Waals surface area (Å²) in [6.07, 6.45) is 4.33. The number of allylic oxidation sites excluding steroid dienone is 3. The molecule has 11 heavy (non-hydrogen) atoms. The van der Waals surface area contributed by atoms with Crippen molar-refractivity contribution in [3.63, 3.8) is 0 Å². The van der Waals surface area contributed by atoms with Gasteiger partial charge in [0.05, 0.1) is 0 Å². The zero-order valence-electron chi connectivity index (χ0n) is 8.44. The van der Waals surface area contributed by atoms with Crippen molar-refractivity contribution in [2.75, 3.05) is 0 Å². The lowest BCUT2D eigenvalue weighted by molar-refractivity contribution is 0.333. The molecule has 0 unspecified atom stereocenters. The summed E-state index contributed by atoms with van der Waals surface area (Å²) in [5, 5.41) is 0. The van der Waals surface area contributed by atoms with Gasteiger partial charge in [0.15, 0.2) is 0 Å². The molecule has 0 radical (unpaired) electrons. The second kappa shape index (κ2) is 3.75. The van der Waals surface area contributed by atoms with Crippen molar-refractivity contribution in [3.8, 4) is 0 Å². The van der Waals surface area contributed by atoms with Gasteiger partial charge < -0.3 is 0 Å². The summed E-state index contributed by atoms with van der Waals surface area (Å²) >= 11 is 0. The van der Waals surface area contributed by atoms with Crippen molar-refractivity contribution in [2.24, 2.45) is 11.3 Å². The summed E-state index contributed by atoms with van der Waals surface area (Å²) in [5.41, 5.74) is 1.41. The highest BCUT2D eigenvalue weighted by atomic mass is 14.2. The van der Waals surface area contributed by atoms with E-state index >= 15 is 0 Å². The van der Waals surface area contributed by atoms with E-state index in [1.54, 1.807) is 0 Å². The molecule has 0 aliphatic rings. The van der Waals surface area contributed by atoms with Crippen LogP contribution in [0.15, 0.2) is 24.3 Å². The molecule has 0 heterocycles. The van der Waals surface area contributed by atoms with Crippen LogP contribution in [0, 0.1) is 11.3 Å². The normalized spacial score (nSPS) is 12.9. The second-order valence-corrected chi connectivity index (χ2v) is 4.16. The van der Waals surface area contributed by atoms with Gasteiger partial charge in [-0.2, -0.15) is 0 Å². The van der Waals surface area contributed by atoms with Crippen molar-refractivity contribution < 1.29 is 0 Å². The molecule has 0 saturated carbocycles. The highest BCUT2D eigenvalue weighted by Gasteiger charge is 2.17. The highest BCUT2D eigenvalue weighted by Crippen LogP contribution is 2.27. The van der Waals surface area contributed by atoms with Gasteiger partial charge in [-0.25, -0.2) is 0 Å². The maximum Gasteiger partial charge on any atom is -0.0149 e. The largest absolute Gasteiger partial charge is 0.0961 e. The summed E-state index contributed by atoms with van der Waals surface area (Å²) in [6.45, 7) is 14.8. The van der Waals surface area contributed by atoms with Gasteiger partial charge in [-0.05, 0) is 18.3 Å². The minimum absolute atomic E-state index is 0.291. The van der Waals surface area contributed by atoms with Crippen molar-refractivity contribution in [1.29, 1.82) is 0 Å². The molecule has 0 saturated heterocycles. The van der Waals surface area contributed by atoms with E-state index in [4.69, 9.17) is 0 Å². The quantitative estimate of drug-likeness (QED) is 0.539. The number of rotatable bonds is 3. The molecule has 0 aromatic rings. The molecule has 0 fully saturated rings. The third kappa shape index (κ3) is 4.02. The van der Waals surface area contributed by atoms with E-state index in [0.717, 1.165) is 5.57 Å². The van der Waals surface area contributed by atoms with Gasteiger partial charge >= 0.3 is 0 Å². The first-order valence-electron chi connectivity index (χ1n) is 4.21. The molecular weight excluding hydrogens is 132 g/mol. The fraction of sp³-hybridized carbons (Fsp3) is 0.636. The van der Waals surface area contributed by atoms with Crippen LogP contribution in [0.2, 0.25) is 0 Å². The Morgan fingerprint density at radius 3 is 2.09 bits per heavy atom. The molecule has 0 heteroatoms. The van der Waals surface area contributed by atoms with Crippen LogP contribution in [0.4, 0.5) is 0 Å². The van der Waals surface area contributed by atoms with Crippen LogP contribution in [-0.4, -0.2) is 0 Å². The van der Waals surface area contributed by atoms with Gasteiger partial charge in [0, 0.05) is 0 Å². The average molecular weight is 152 g/mol. The van der Waals surface area contributed by atoms with E-state index in [1.807, 2.05) is 6.92 Å². The van der Waals surface area contributed by atoms with Gasteiger partial charge in [0.1, 0.15) is 0 Å². The minimum Gasteiger partial charge on any atom is -0.0961 e. The standard InChI is InChI=1S/C11H20/c1-9(2)7-8-11(5,6)10(3)4/h7-8,10H,1H2,2-6H3/b8-7+. The lowest BCUT2D eigenvalue weighted by Gasteiger charge is -2.24. The molecule has 0 aliphatic carbocycles. The average Bonchev–Trinajstić information content (AvgIpc) is 1.84. The van der Waals surface area contributed by atoms with Gasteiger partial charge in [0.25, 0.3) is 0 Å². The van der Waals surface area contributed by atoms with Gasteiger partial charge in [-0.3, -0.25) is 0 Å². The molecule has 0 nitrogen and oxygen atoms in total. The van der Waals surface area contributed by atoms with Crippen LogP contribution < -0.4 is 0 Å². The minimum atomic E-state index is 0.291. The predicted octanol–water partition coefficient (Wildman–Crippen LogP) is 3.80. The van der Waals surface area contributed by atoms with E-state index < -0.39 is 0 Å².